The number of alkyl carbamates (subject to hydrolysis) is 1. The number of ether oxygens (including phenoxy) is 2. The molecule has 0 radical (unpaired) electrons. The molecule has 8 heteroatoms. The first kappa shape index (κ1) is 25.2. The van der Waals surface area contributed by atoms with Crippen molar-refractivity contribution in [3.05, 3.63) is 77.1 Å². The van der Waals surface area contributed by atoms with Crippen LogP contribution in [0.25, 0.3) is 0 Å². The molecule has 0 saturated carbocycles. The van der Waals surface area contributed by atoms with E-state index in [2.05, 4.69) is 16.0 Å². The van der Waals surface area contributed by atoms with Gasteiger partial charge in [0, 0.05) is 31.1 Å². The van der Waals surface area contributed by atoms with Gasteiger partial charge in [-0.15, -0.1) is 0 Å². The maximum atomic E-state index is 13.2. The average molecular weight is 470 g/mol. The molecule has 0 aliphatic heterocycles. The summed E-state index contributed by atoms with van der Waals surface area (Å²) in [4.78, 5) is 24.2. The van der Waals surface area contributed by atoms with Crippen LogP contribution < -0.4 is 20.7 Å². The fourth-order valence-corrected chi connectivity index (χ4v) is 3.73. The number of hydrogen-bond acceptors (Lipinski definition) is 5. The highest BCUT2D eigenvalue weighted by Gasteiger charge is 2.27. The van der Waals surface area contributed by atoms with Crippen LogP contribution in [0, 0.1) is 12.7 Å². The summed E-state index contributed by atoms with van der Waals surface area (Å²) in [6, 6.07) is 14.1. The van der Waals surface area contributed by atoms with Gasteiger partial charge >= 0.3 is 6.09 Å². The summed E-state index contributed by atoms with van der Waals surface area (Å²) in [7, 11) is 0. The van der Waals surface area contributed by atoms with Crippen LogP contribution in [-0.2, 0) is 16.1 Å². The second kappa shape index (κ2) is 12.7. The van der Waals surface area contributed by atoms with Crippen LogP contribution in [0.4, 0.5) is 9.18 Å². The Morgan fingerprint density at radius 2 is 1.85 bits per heavy atom. The van der Waals surface area contributed by atoms with Gasteiger partial charge in [0.2, 0.25) is 5.91 Å². The lowest BCUT2D eigenvalue weighted by atomic mass is 9.91. The van der Waals surface area contributed by atoms with Crippen molar-refractivity contribution in [2.24, 2.45) is 0 Å². The summed E-state index contributed by atoms with van der Waals surface area (Å²) in [5, 5.41) is 8.81. The van der Waals surface area contributed by atoms with Gasteiger partial charge in [0.1, 0.15) is 24.3 Å². The Labute approximate surface area is 199 Å². The zero-order chi connectivity index (χ0) is 24.3. The first-order valence-corrected chi connectivity index (χ1v) is 11.5. The summed E-state index contributed by atoms with van der Waals surface area (Å²) >= 11 is 0. The van der Waals surface area contributed by atoms with E-state index in [9.17, 15) is 14.0 Å². The molecule has 1 aliphatic carbocycles. The van der Waals surface area contributed by atoms with Crippen molar-refractivity contribution in [3.63, 3.8) is 0 Å². The second-order valence-electron chi connectivity index (χ2n) is 8.18. The van der Waals surface area contributed by atoms with Crippen molar-refractivity contribution in [3.8, 4) is 5.75 Å². The molecule has 2 atom stereocenters. The van der Waals surface area contributed by atoms with E-state index in [4.69, 9.17) is 9.47 Å². The van der Waals surface area contributed by atoms with Crippen LogP contribution in [0.3, 0.4) is 0 Å². The fraction of sp³-hybridized carbons (Fsp3) is 0.385. The van der Waals surface area contributed by atoms with Gasteiger partial charge in [-0.05, 0) is 55.7 Å². The number of carbonyl (C=O) groups excluding carboxylic acids is 2. The lowest BCUT2D eigenvalue weighted by molar-refractivity contribution is -0.118. The number of rotatable bonds is 10. The molecule has 2 amide bonds. The average Bonchev–Trinajstić information content (AvgIpc) is 2.83. The number of amides is 2. The SMILES string of the molecule is CCNC(=O)OCCNC(=O)C1=CC(Oc2ccccc2C)CC(NCc2ccc(F)cc2)C1. The molecule has 0 fully saturated rings. The monoisotopic (exact) mass is 469 g/mol. The van der Waals surface area contributed by atoms with Crippen LogP contribution in [0.5, 0.6) is 5.75 Å². The molecule has 3 rings (SSSR count). The van der Waals surface area contributed by atoms with E-state index in [0.717, 1.165) is 16.9 Å². The van der Waals surface area contributed by atoms with Crippen molar-refractivity contribution in [1.82, 2.24) is 16.0 Å². The van der Waals surface area contributed by atoms with Gasteiger partial charge in [-0.1, -0.05) is 30.3 Å². The first-order chi connectivity index (χ1) is 16.4. The van der Waals surface area contributed by atoms with Crippen molar-refractivity contribution in [1.29, 1.82) is 0 Å². The molecule has 0 bridgehead atoms. The van der Waals surface area contributed by atoms with Crippen LogP contribution in [0.2, 0.25) is 0 Å². The number of halogens is 1. The molecule has 2 unspecified atom stereocenters. The maximum Gasteiger partial charge on any atom is 0.407 e. The number of para-hydroxylation sites is 1. The Morgan fingerprint density at radius 3 is 2.59 bits per heavy atom. The van der Waals surface area contributed by atoms with Gasteiger partial charge in [-0.2, -0.15) is 0 Å². The van der Waals surface area contributed by atoms with Crippen LogP contribution in [0.15, 0.2) is 60.2 Å². The Kier molecular flexibility index (Phi) is 9.46. The zero-order valence-electron chi connectivity index (χ0n) is 19.6. The molecule has 0 saturated heterocycles. The molecule has 0 aromatic heterocycles. The highest BCUT2D eigenvalue weighted by Crippen LogP contribution is 2.26. The van der Waals surface area contributed by atoms with E-state index < -0.39 is 6.09 Å². The fourth-order valence-electron chi connectivity index (χ4n) is 3.73. The molecule has 1 aliphatic rings. The van der Waals surface area contributed by atoms with E-state index in [1.165, 1.54) is 12.1 Å². The van der Waals surface area contributed by atoms with Crippen molar-refractivity contribution >= 4 is 12.0 Å². The third-order valence-corrected chi connectivity index (χ3v) is 5.48. The van der Waals surface area contributed by atoms with E-state index in [0.29, 0.717) is 31.5 Å². The largest absolute Gasteiger partial charge is 0.486 e. The van der Waals surface area contributed by atoms with E-state index >= 15 is 0 Å². The molecular weight excluding hydrogens is 437 g/mol. The maximum absolute atomic E-state index is 13.2. The van der Waals surface area contributed by atoms with Crippen LogP contribution in [0.1, 0.15) is 30.9 Å². The topological polar surface area (TPSA) is 88.7 Å². The van der Waals surface area contributed by atoms with Gasteiger partial charge in [0.25, 0.3) is 0 Å². The third kappa shape index (κ3) is 7.88. The standard InChI is InChI=1S/C26H32FN3O4/c1-3-28-26(32)33-13-12-29-25(31)20-14-22(30-17-19-8-10-21(27)11-9-19)16-23(15-20)34-24-7-5-4-6-18(24)2/h4-11,15,22-23,30H,3,12-14,16-17H2,1-2H3,(H,28,32)(H,29,31). The van der Waals surface area contributed by atoms with Gasteiger partial charge in [-0.3, -0.25) is 4.79 Å². The predicted molar refractivity (Wildman–Crippen MR) is 128 cm³/mol. The van der Waals surface area contributed by atoms with Crippen LogP contribution in [-0.4, -0.2) is 43.8 Å². The predicted octanol–water partition coefficient (Wildman–Crippen LogP) is 3.62. The van der Waals surface area contributed by atoms with E-state index in [-0.39, 0.29) is 37.0 Å². The van der Waals surface area contributed by atoms with Gasteiger partial charge in [0.15, 0.2) is 0 Å². The van der Waals surface area contributed by atoms with Crippen molar-refractivity contribution in [2.75, 3.05) is 19.7 Å². The highest BCUT2D eigenvalue weighted by atomic mass is 19.1. The zero-order valence-corrected chi connectivity index (χ0v) is 19.6. The number of benzene rings is 2. The first-order valence-electron chi connectivity index (χ1n) is 11.5. The minimum atomic E-state index is -0.509. The highest BCUT2D eigenvalue weighted by molar-refractivity contribution is 5.93. The summed E-state index contributed by atoms with van der Waals surface area (Å²) in [5.74, 6) is 0.287. The quantitative estimate of drug-likeness (QED) is 0.463. The molecule has 0 heterocycles. The smallest absolute Gasteiger partial charge is 0.407 e. The molecule has 2 aromatic carbocycles. The molecule has 2 aromatic rings. The minimum Gasteiger partial charge on any atom is -0.486 e. The molecule has 3 N–H and O–H groups in total. The normalized spacial score (nSPS) is 17.4. The Balaban J connectivity index is 1.63. The Bertz CT molecular complexity index is 994. The van der Waals surface area contributed by atoms with Crippen molar-refractivity contribution in [2.45, 2.75) is 45.4 Å². The van der Waals surface area contributed by atoms with Crippen LogP contribution >= 0.6 is 0 Å². The van der Waals surface area contributed by atoms with E-state index in [1.54, 1.807) is 19.1 Å². The third-order valence-electron chi connectivity index (χ3n) is 5.48. The second-order valence-corrected chi connectivity index (χ2v) is 8.18. The molecule has 182 valence electrons. The molecular formula is C26H32FN3O4. The van der Waals surface area contributed by atoms with Gasteiger partial charge < -0.3 is 25.4 Å². The molecule has 34 heavy (non-hydrogen) atoms. The Morgan fingerprint density at radius 1 is 1.09 bits per heavy atom. The summed E-state index contributed by atoms with van der Waals surface area (Å²) in [6.07, 6.45) is 2.28. The van der Waals surface area contributed by atoms with Gasteiger partial charge in [-0.25, -0.2) is 9.18 Å². The molecule has 7 nitrogen and oxygen atoms in total. The summed E-state index contributed by atoms with van der Waals surface area (Å²) in [6.45, 7) is 5.11. The number of nitrogens with one attached hydrogen (secondary N) is 3. The lowest BCUT2D eigenvalue weighted by Crippen LogP contribution is -2.40. The number of carbonyl (C=O) groups is 2. The number of aryl methyl sites for hydroxylation is 1. The number of hydrogen-bond donors (Lipinski definition) is 3. The van der Waals surface area contributed by atoms with Crippen molar-refractivity contribution < 1.29 is 23.5 Å². The molecule has 0 spiro atoms. The summed E-state index contributed by atoms with van der Waals surface area (Å²) in [5.41, 5.74) is 2.59. The van der Waals surface area contributed by atoms with Gasteiger partial charge in [0.05, 0.1) is 6.54 Å². The minimum absolute atomic E-state index is 0.00333. The van der Waals surface area contributed by atoms with E-state index in [1.807, 2.05) is 37.3 Å². The Hall–Kier alpha value is -3.39. The summed E-state index contributed by atoms with van der Waals surface area (Å²) < 4.78 is 24.4. The lowest BCUT2D eigenvalue weighted by Gasteiger charge is -2.30.